The molecule has 0 saturated heterocycles. The van der Waals surface area contributed by atoms with Gasteiger partial charge in [-0.2, -0.15) is 11.8 Å². The van der Waals surface area contributed by atoms with Crippen LogP contribution >= 0.6 is 11.8 Å². The number of nitrogens with one attached hydrogen (secondary N) is 1. The van der Waals surface area contributed by atoms with Gasteiger partial charge in [0.1, 0.15) is 0 Å². The Hall–Kier alpha value is -0.180. The van der Waals surface area contributed by atoms with Crippen LogP contribution in [0.2, 0.25) is 0 Å². The van der Waals surface area contributed by atoms with E-state index in [-0.39, 0.29) is 5.91 Å². The van der Waals surface area contributed by atoms with Crippen LogP contribution in [0.4, 0.5) is 0 Å². The Morgan fingerprint density at radius 2 is 2.08 bits per heavy atom. The standard InChI is InChI=1S/C9H19NOS/c1-3-10-9(11)7-5-4-6-8-12-2/h3-8H2,1-2H3,(H,10,11). The van der Waals surface area contributed by atoms with E-state index in [2.05, 4.69) is 11.6 Å². The Kier molecular flexibility index (Phi) is 8.78. The fourth-order valence-electron chi connectivity index (χ4n) is 0.994. The predicted octanol–water partition coefficient (Wildman–Crippen LogP) is 2.05. The van der Waals surface area contributed by atoms with E-state index >= 15 is 0 Å². The molecule has 1 N–H and O–H groups in total. The highest BCUT2D eigenvalue weighted by molar-refractivity contribution is 7.98. The fraction of sp³-hybridized carbons (Fsp3) is 0.889. The second kappa shape index (κ2) is 8.91. The van der Waals surface area contributed by atoms with E-state index in [9.17, 15) is 4.79 Å². The third-order valence-corrected chi connectivity index (χ3v) is 2.32. The summed E-state index contributed by atoms with van der Waals surface area (Å²) >= 11 is 1.87. The number of hydrogen-bond donors (Lipinski definition) is 1. The topological polar surface area (TPSA) is 29.1 Å². The smallest absolute Gasteiger partial charge is 0.219 e. The molecule has 0 aliphatic carbocycles. The van der Waals surface area contributed by atoms with E-state index < -0.39 is 0 Å². The van der Waals surface area contributed by atoms with Crippen LogP contribution in [-0.2, 0) is 4.79 Å². The minimum absolute atomic E-state index is 0.196. The molecule has 0 fully saturated rings. The first-order valence-electron chi connectivity index (χ1n) is 4.57. The first kappa shape index (κ1) is 11.8. The summed E-state index contributed by atoms with van der Waals surface area (Å²) in [5.41, 5.74) is 0. The first-order chi connectivity index (χ1) is 5.81. The summed E-state index contributed by atoms with van der Waals surface area (Å²) in [6.07, 6.45) is 6.26. The molecule has 0 rings (SSSR count). The van der Waals surface area contributed by atoms with Crippen molar-refractivity contribution < 1.29 is 4.79 Å². The average molecular weight is 189 g/mol. The monoisotopic (exact) mass is 189 g/mol. The lowest BCUT2D eigenvalue weighted by Crippen LogP contribution is -2.21. The van der Waals surface area contributed by atoms with Crippen LogP contribution in [-0.4, -0.2) is 24.5 Å². The molecule has 0 atom stereocenters. The Bertz CT molecular complexity index is 117. The van der Waals surface area contributed by atoms with Crippen LogP contribution in [0.3, 0.4) is 0 Å². The molecule has 0 aliphatic rings. The second-order valence-electron chi connectivity index (χ2n) is 2.76. The maximum absolute atomic E-state index is 11.0. The first-order valence-corrected chi connectivity index (χ1v) is 5.96. The lowest BCUT2D eigenvalue weighted by atomic mass is 10.2. The van der Waals surface area contributed by atoms with Crippen LogP contribution in [0.5, 0.6) is 0 Å². The zero-order chi connectivity index (χ0) is 9.23. The van der Waals surface area contributed by atoms with Crippen LogP contribution in [0, 0.1) is 0 Å². The maximum Gasteiger partial charge on any atom is 0.219 e. The summed E-state index contributed by atoms with van der Waals surface area (Å²) in [5, 5.41) is 2.79. The Balaban J connectivity index is 3.03. The minimum Gasteiger partial charge on any atom is -0.356 e. The molecule has 0 unspecified atom stereocenters. The molecule has 12 heavy (non-hydrogen) atoms. The van der Waals surface area contributed by atoms with Gasteiger partial charge >= 0.3 is 0 Å². The number of carbonyl (C=O) groups excluding carboxylic acids is 1. The van der Waals surface area contributed by atoms with Crippen molar-refractivity contribution >= 4 is 17.7 Å². The van der Waals surface area contributed by atoms with Crippen molar-refractivity contribution in [2.75, 3.05) is 18.6 Å². The molecule has 0 radical (unpaired) electrons. The van der Waals surface area contributed by atoms with E-state index in [1.54, 1.807) is 0 Å². The zero-order valence-electron chi connectivity index (χ0n) is 8.06. The number of unbranched alkanes of at least 4 members (excludes halogenated alkanes) is 2. The van der Waals surface area contributed by atoms with Gasteiger partial charge in [-0.1, -0.05) is 6.42 Å². The molecule has 2 nitrogen and oxygen atoms in total. The number of amides is 1. The molecule has 1 amide bonds. The van der Waals surface area contributed by atoms with Crippen LogP contribution in [0.15, 0.2) is 0 Å². The maximum atomic E-state index is 11.0. The summed E-state index contributed by atoms with van der Waals surface area (Å²) in [6, 6.07) is 0. The molecule has 0 aromatic heterocycles. The largest absolute Gasteiger partial charge is 0.356 e. The molecule has 0 aromatic rings. The molecular formula is C9H19NOS. The number of carbonyl (C=O) groups is 1. The second-order valence-corrected chi connectivity index (χ2v) is 3.74. The molecule has 0 spiro atoms. The Morgan fingerprint density at radius 1 is 1.33 bits per heavy atom. The van der Waals surface area contributed by atoms with Gasteiger partial charge in [0.2, 0.25) is 5.91 Å². The van der Waals surface area contributed by atoms with Crippen molar-refractivity contribution in [1.29, 1.82) is 0 Å². The van der Waals surface area contributed by atoms with E-state index in [0.29, 0.717) is 6.42 Å². The lowest BCUT2D eigenvalue weighted by molar-refractivity contribution is -0.121. The highest BCUT2D eigenvalue weighted by atomic mass is 32.2. The van der Waals surface area contributed by atoms with Crippen LogP contribution < -0.4 is 5.32 Å². The van der Waals surface area contributed by atoms with Gasteiger partial charge in [-0.25, -0.2) is 0 Å². The number of hydrogen-bond acceptors (Lipinski definition) is 2. The Morgan fingerprint density at radius 3 is 2.67 bits per heavy atom. The molecular weight excluding hydrogens is 170 g/mol. The summed E-state index contributed by atoms with van der Waals surface area (Å²) in [5.74, 6) is 1.41. The van der Waals surface area contributed by atoms with Gasteiger partial charge in [-0.05, 0) is 31.8 Å². The molecule has 3 heteroatoms. The predicted molar refractivity (Wildman–Crippen MR) is 55.5 cm³/mol. The molecule has 72 valence electrons. The quantitative estimate of drug-likeness (QED) is 0.621. The normalized spacial score (nSPS) is 9.83. The van der Waals surface area contributed by atoms with Gasteiger partial charge in [0.25, 0.3) is 0 Å². The van der Waals surface area contributed by atoms with Gasteiger partial charge in [0, 0.05) is 13.0 Å². The number of rotatable bonds is 7. The third-order valence-electron chi connectivity index (χ3n) is 1.63. The van der Waals surface area contributed by atoms with Crippen LogP contribution in [0.25, 0.3) is 0 Å². The highest BCUT2D eigenvalue weighted by Crippen LogP contribution is 2.04. The summed E-state index contributed by atoms with van der Waals surface area (Å²) < 4.78 is 0. The van der Waals surface area contributed by atoms with E-state index in [1.165, 1.54) is 18.6 Å². The van der Waals surface area contributed by atoms with E-state index in [1.807, 2.05) is 18.7 Å². The third kappa shape index (κ3) is 7.92. The van der Waals surface area contributed by atoms with Gasteiger partial charge in [-0.3, -0.25) is 4.79 Å². The van der Waals surface area contributed by atoms with Crippen molar-refractivity contribution in [2.24, 2.45) is 0 Å². The summed E-state index contributed by atoms with van der Waals surface area (Å²) in [7, 11) is 0. The van der Waals surface area contributed by atoms with Gasteiger partial charge in [-0.15, -0.1) is 0 Å². The van der Waals surface area contributed by atoms with Crippen molar-refractivity contribution in [2.45, 2.75) is 32.6 Å². The van der Waals surface area contributed by atoms with Gasteiger partial charge < -0.3 is 5.32 Å². The van der Waals surface area contributed by atoms with E-state index in [0.717, 1.165) is 13.0 Å². The zero-order valence-corrected chi connectivity index (χ0v) is 8.88. The summed E-state index contributed by atoms with van der Waals surface area (Å²) in [6.45, 7) is 2.70. The minimum atomic E-state index is 0.196. The molecule has 0 bridgehead atoms. The molecule has 0 saturated carbocycles. The summed E-state index contributed by atoms with van der Waals surface area (Å²) in [4.78, 5) is 11.0. The fourth-order valence-corrected chi connectivity index (χ4v) is 1.49. The van der Waals surface area contributed by atoms with Crippen molar-refractivity contribution in [3.63, 3.8) is 0 Å². The van der Waals surface area contributed by atoms with Crippen molar-refractivity contribution in [3.8, 4) is 0 Å². The average Bonchev–Trinajstić information content (AvgIpc) is 2.05. The molecule has 0 heterocycles. The van der Waals surface area contributed by atoms with E-state index in [4.69, 9.17) is 0 Å². The SMILES string of the molecule is CCNC(=O)CCCCCSC. The van der Waals surface area contributed by atoms with Crippen LogP contribution in [0.1, 0.15) is 32.6 Å². The molecule has 0 aliphatic heterocycles. The number of thioether (sulfide) groups is 1. The van der Waals surface area contributed by atoms with Crippen molar-refractivity contribution in [3.05, 3.63) is 0 Å². The van der Waals surface area contributed by atoms with Gasteiger partial charge in [0.15, 0.2) is 0 Å². The Labute approximate surface area is 79.5 Å². The molecule has 0 aromatic carbocycles. The lowest BCUT2D eigenvalue weighted by Gasteiger charge is -2.01. The van der Waals surface area contributed by atoms with Crippen molar-refractivity contribution in [1.82, 2.24) is 5.32 Å². The highest BCUT2D eigenvalue weighted by Gasteiger charge is 1.97. The van der Waals surface area contributed by atoms with Gasteiger partial charge in [0.05, 0.1) is 0 Å².